The highest BCUT2D eigenvalue weighted by molar-refractivity contribution is 4.60. The second-order valence-corrected chi connectivity index (χ2v) is 3.63. The molecule has 13 heavy (non-hydrogen) atoms. The van der Waals surface area contributed by atoms with Gasteiger partial charge < -0.3 is 0 Å². The number of hydrogen-bond acceptors (Lipinski definition) is 4. The van der Waals surface area contributed by atoms with Crippen LogP contribution < -0.4 is 0 Å². The van der Waals surface area contributed by atoms with Crippen molar-refractivity contribution < 1.29 is 15.1 Å². The van der Waals surface area contributed by atoms with Gasteiger partial charge in [0.05, 0.1) is 6.61 Å². The van der Waals surface area contributed by atoms with Crippen LogP contribution in [0.3, 0.4) is 0 Å². The van der Waals surface area contributed by atoms with Crippen molar-refractivity contribution in [2.75, 3.05) is 13.2 Å². The summed E-state index contributed by atoms with van der Waals surface area (Å²) in [5.41, 5.74) is 0. The number of hydrogen-bond donors (Lipinski definition) is 1. The summed E-state index contributed by atoms with van der Waals surface area (Å²) < 4.78 is 0. The molecule has 5 nitrogen and oxygen atoms in total. The van der Waals surface area contributed by atoms with Gasteiger partial charge in [-0.2, -0.15) is 0 Å². The van der Waals surface area contributed by atoms with Gasteiger partial charge in [0.1, 0.15) is 0 Å². The summed E-state index contributed by atoms with van der Waals surface area (Å²) in [7, 11) is 0. The van der Waals surface area contributed by atoms with Gasteiger partial charge in [0, 0.05) is 10.8 Å². The van der Waals surface area contributed by atoms with Crippen molar-refractivity contribution >= 4 is 0 Å². The van der Waals surface area contributed by atoms with Crippen LogP contribution in [0.25, 0.3) is 0 Å². The van der Waals surface area contributed by atoms with Gasteiger partial charge in [0.2, 0.25) is 6.54 Å². The summed E-state index contributed by atoms with van der Waals surface area (Å²) in [6.07, 6.45) is 1.33. The van der Waals surface area contributed by atoms with Crippen LogP contribution in [0.1, 0.15) is 26.7 Å². The Morgan fingerprint density at radius 1 is 1.54 bits per heavy atom. The molecule has 0 spiro atoms. The summed E-state index contributed by atoms with van der Waals surface area (Å²) in [5, 5.41) is 18.4. The molecule has 0 unspecified atom stereocenters. The van der Waals surface area contributed by atoms with E-state index in [-0.39, 0.29) is 24.0 Å². The molecule has 0 fully saturated rings. The molecule has 0 bridgehead atoms. The maximum atomic E-state index is 10.3. The molecule has 0 aliphatic heterocycles. The van der Waals surface area contributed by atoms with Crippen LogP contribution in [-0.2, 0) is 4.89 Å². The molecular weight excluding hydrogens is 174 g/mol. The van der Waals surface area contributed by atoms with E-state index in [1.807, 2.05) is 13.8 Å². The Balaban J connectivity index is 3.80. The zero-order chi connectivity index (χ0) is 10.3. The molecular formula is C8H17NO4. The highest BCUT2D eigenvalue weighted by Crippen LogP contribution is 2.15. The van der Waals surface area contributed by atoms with Crippen molar-refractivity contribution in [3.05, 3.63) is 10.1 Å². The largest absolute Gasteiger partial charge is 0.265 e. The quantitative estimate of drug-likeness (QED) is 0.378. The van der Waals surface area contributed by atoms with Crippen molar-refractivity contribution in [3.63, 3.8) is 0 Å². The normalized spacial score (nSPS) is 13.2. The van der Waals surface area contributed by atoms with Gasteiger partial charge in [-0.25, -0.2) is 4.89 Å². The van der Waals surface area contributed by atoms with E-state index in [9.17, 15) is 10.1 Å². The second-order valence-electron chi connectivity index (χ2n) is 3.63. The molecule has 0 radical (unpaired) electrons. The maximum Gasteiger partial charge on any atom is 0.206 e. The van der Waals surface area contributed by atoms with Crippen LogP contribution in [0.2, 0.25) is 0 Å². The van der Waals surface area contributed by atoms with Gasteiger partial charge in [0.25, 0.3) is 0 Å². The monoisotopic (exact) mass is 191 g/mol. The third-order valence-electron chi connectivity index (χ3n) is 1.83. The molecule has 0 heterocycles. The summed E-state index contributed by atoms with van der Waals surface area (Å²) in [4.78, 5) is 13.9. The van der Waals surface area contributed by atoms with E-state index in [0.717, 1.165) is 6.42 Å². The zero-order valence-corrected chi connectivity index (χ0v) is 8.10. The van der Waals surface area contributed by atoms with Crippen LogP contribution >= 0.6 is 0 Å². The van der Waals surface area contributed by atoms with E-state index in [1.165, 1.54) is 0 Å². The Morgan fingerprint density at radius 3 is 2.54 bits per heavy atom. The molecule has 0 aromatic heterocycles. The molecule has 0 rings (SSSR count). The average molecular weight is 191 g/mol. The fourth-order valence-corrected chi connectivity index (χ4v) is 1.38. The Bertz CT molecular complexity index is 149. The standard InChI is InChI=1S/C8H17NO4/c1-7(2)5-8(3-4-13-12)6-9(10)11/h7-8,12H,3-6H2,1-2H3/t8-/m1/s1. The minimum Gasteiger partial charge on any atom is -0.265 e. The predicted molar refractivity (Wildman–Crippen MR) is 48.0 cm³/mol. The fraction of sp³-hybridized carbons (Fsp3) is 1.00. The fourth-order valence-electron chi connectivity index (χ4n) is 1.38. The molecule has 0 aliphatic carbocycles. The highest BCUT2D eigenvalue weighted by Gasteiger charge is 2.16. The van der Waals surface area contributed by atoms with Crippen molar-refractivity contribution in [1.82, 2.24) is 0 Å². The lowest BCUT2D eigenvalue weighted by molar-refractivity contribution is -0.489. The number of nitro groups is 1. The van der Waals surface area contributed by atoms with Crippen molar-refractivity contribution in [3.8, 4) is 0 Å². The molecule has 1 N–H and O–H groups in total. The minimum atomic E-state index is -0.315. The Hall–Kier alpha value is -0.680. The first kappa shape index (κ1) is 12.3. The second kappa shape index (κ2) is 6.80. The van der Waals surface area contributed by atoms with Crippen molar-refractivity contribution in [2.24, 2.45) is 11.8 Å². The van der Waals surface area contributed by atoms with Crippen molar-refractivity contribution in [2.45, 2.75) is 26.7 Å². The Kier molecular flexibility index (Phi) is 6.44. The van der Waals surface area contributed by atoms with Gasteiger partial charge >= 0.3 is 0 Å². The van der Waals surface area contributed by atoms with Crippen LogP contribution in [0.4, 0.5) is 0 Å². The van der Waals surface area contributed by atoms with Crippen molar-refractivity contribution in [1.29, 1.82) is 0 Å². The van der Waals surface area contributed by atoms with Crippen LogP contribution in [0.15, 0.2) is 0 Å². The lowest BCUT2D eigenvalue weighted by Crippen LogP contribution is -2.18. The van der Waals surface area contributed by atoms with E-state index >= 15 is 0 Å². The van der Waals surface area contributed by atoms with Gasteiger partial charge in [-0.05, 0) is 18.8 Å². The lowest BCUT2D eigenvalue weighted by Gasteiger charge is -2.13. The molecule has 0 amide bonds. The van der Waals surface area contributed by atoms with Crippen LogP contribution in [-0.4, -0.2) is 23.3 Å². The van der Waals surface area contributed by atoms with Crippen LogP contribution in [0, 0.1) is 22.0 Å². The summed E-state index contributed by atoms with van der Waals surface area (Å²) in [6.45, 7) is 4.17. The first-order chi connectivity index (χ1) is 6.06. The third-order valence-corrected chi connectivity index (χ3v) is 1.83. The lowest BCUT2D eigenvalue weighted by atomic mass is 9.95. The topological polar surface area (TPSA) is 72.6 Å². The molecule has 0 aliphatic rings. The van der Waals surface area contributed by atoms with E-state index in [2.05, 4.69) is 4.89 Å². The zero-order valence-electron chi connectivity index (χ0n) is 8.10. The van der Waals surface area contributed by atoms with Gasteiger partial charge in [-0.3, -0.25) is 15.4 Å². The smallest absolute Gasteiger partial charge is 0.206 e. The molecule has 0 aromatic rings. The van der Waals surface area contributed by atoms with E-state index in [0.29, 0.717) is 12.3 Å². The maximum absolute atomic E-state index is 10.3. The van der Waals surface area contributed by atoms with E-state index in [1.54, 1.807) is 0 Å². The molecule has 0 saturated carbocycles. The first-order valence-electron chi connectivity index (χ1n) is 4.44. The van der Waals surface area contributed by atoms with Gasteiger partial charge in [-0.1, -0.05) is 13.8 Å². The predicted octanol–water partition coefficient (Wildman–Crippen LogP) is 1.81. The third kappa shape index (κ3) is 7.67. The van der Waals surface area contributed by atoms with Crippen LogP contribution in [0.5, 0.6) is 0 Å². The SMILES string of the molecule is CC(C)C[C@@H](CCOO)C[N+](=O)[O-]. The molecule has 78 valence electrons. The highest BCUT2D eigenvalue weighted by atomic mass is 17.1. The number of nitrogens with zero attached hydrogens (tertiary/aromatic N) is 1. The molecule has 0 saturated heterocycles. The van der Waals surface area contributed by atoms with Gasteiger partial charge in [-0.15, -0.1) is 0 Å². The Morgan fingerprint density at radius 2 is 2.15 bits per heavy atom. The van der Waals surface area contributed by atoms with E-state index < -0.39 is 0 Å². The Labute approximate surface area is 77.8 Å². The molecule has 5 heteroatoms. The molecule has 1 atom stereocenters. The van der Waals surface area contributed by atoms with Gasteiger partial charge in [0.15, 0.2) is 0 Å². The summed E-state index contributed by atoms with van der Waals surface area (Å²) in [5.74, 6) is 0.436. The average Bonchev–Trinajstić information content (AvgIpc) is 1.98. The summed E-state index contributed by atoms with van der Waals surface area (Å²) in [6, 6.07) is 0. The van der Waals surface area contributed by atoms with E-state index in [4.69, 9.17) is 5.26 Å². The number of rotatable bonds is 7. The minimum absolute atomic E-state index is 0.00199. The summed E-state index contributed by atoms with van der Waals surface area (Å²) >= 11 is 0. The first-order valence-corrected chi connectivity index (χ1v) is 4.44. The molecule has 0 aromatic carbocycles.